The fourth-order valence-corrected chi connectivity index (χ4v) is 3.24. The summed E-state index contributed by atoms with van der Waals surface area (Å²) in [5.41, 5.74) is 2.89. The molecule has 2 aromatic carbocycles. The van der Waals surface area contributed by atoms with E-state index in [0.29, 0.717) is 16.5 Å². The van der Waals surface area contributed by atoms with Crippen LogP contribution in [0.1, 0.15) is 30.3 Å². The van der Waals surface area contributed by atoms with Crippen molar-refractivity contribution >= 4 is 10.9 Å². The summed E-state index contributed by atoms with van der Waals surface area (Å²) in [7, 11) is 1.85. The van der Waals surface area contributed by atoms with Crippen LogP contribution < -0.4 is 5.56 Å². The third-order valence-corrected chi connectivity index (χ3v) is 4.50. The molecule has 0 radical (unpaired) electrons. The Balaban J connectivity index is 1.97. The molecule has 28 heavy (non-hydrogen) atoms. The Morgan fingerprint density at radius 1 is 1.04 bits per heavy atom. The van der Waals surface area contributed by atoms with E-state index < -0.39 is 0 Å². The highest BCUT2D eigenvalue weighted by molar-refractivity contribution is 5.84. The summed E-state index contributed by atoms with van der Waals surface area (Å²) in [6.45, 7) is 2.08. The summed E-state index contributed by atoms with van der Waals surface area (Å²) in [4.78, 5) is 18.3. The molecule has 0 atom stereocenters. The molecule has 0 spiro atoms. The normalized spacial score (nSPS) is 10.6. The first-order chi connectivity index (χ1) is 13.7. The van der Waals surface area contributed by atoms with Gasteiger partial charge in [0, 0.05) is 25.2 Å². The zero-order valence-corrected chi connectivity index (χ0v) is 15.9. The standard InChI is InChI=1S/C23H20N4O/c1-3-8-21-25-20-12-7-9-18(14-13-17-15-24-26(2)16-17)22(20)23(28)27(21)19-10-5-4-6-11-19/h4-7,9-12,15-16H,3,8H2,1-2H3. The van der Waals surface area contributed by atoms with Crippen molar-refractivity contribution in [2.45, 2.75) is 19.8 Å². The molecule has 5 heteroatoms. The Morgan fingerprint density at radius 2 is 1.86 bits per heavy atom. The predicted octanol–water partition coefficient (Wildman–Crippen LogP) is 3.47. The minimum atomic E-state index is -0.0873. The van der Waals surface area contributed by atoms with Gasteiger partial charge in [-0.1, -0.05) is 43.0 Å². The summed E-state index contributed by atoms with van der Waals surface area (Å²) in [5, 5.41) is 4.67. The number of benzene rings is 2. The molecule has 0 aliphatic rings. The second kappa shape index (κ2) is 7.53. The lowest BCUT2D eigenvalue weighted by Gasteiger charge is -2.13. The molecule has 2 aromatic heterocycles. The van der Waals surface area contributed by atoms with E-state index in [9.17, 15) is 4.79 Å². The molecule has 0 bridgehead atoms. The molecule has 0 saturated heterocycles. The van der Waals surface area contributed by atoms with Gasteiger partial charge in [-0.15, -0.1) is 0 Å². The van der Waals surface area contributed by atoms with Crippen LogP contribution in [0.25, 0.3) is 16.6 Å². The fourth-order valence-electron chi connectivity index (χ4n) is 3.24. The molecule has 4 rings (SSSR count). The zero-order valence-electron chi connectivity index (χ0n) is 15.9. The zero-order chi connectivity index (χ0) is 19.5. The first kappa shape index (κ1) is 17.7. The monoisotopic (exact) mass is 368 g/mol. The second-order valence-corrected chi connectivity index (χ2v) is 6.61. The molecule has 0 unspecified atom stereocenters. The van der Waals surface area contributed by atoms with Gasteiger partial charge in [0.1, 0.15) is 5.82 Å². The number of aromatic nitrogens is 4. The van der Waals surface area contributed by atoms with Gasteiger partial charge in [0.25, 0.3) is 5.56 Å². The highest BCUT2D eigenvalue weighted by Gasteiger charge is 2.14. The summed E-state index contributed by atoms with van der Waals surface area (Å²) >= 11 is 0. The molecular weight excluding hydrogens is 348 g/mol. The van der Waals surface area contributed by atoms with Crippen LogP contribution >= 0.6 is 0 Å². The van der Waals surface area contributed by atoms with Gasteiger partial charge < -0.3 is 0 Å². The minimum absolute atomic E-state index is 0.0873. The largest absolute Gasteiger partial charge is 0.275 e. The highest BCUT2D eigenvalue weighted by Crippen LogP contribution is 2.17. The van der Waals surface area contributed by atoms with Crippen molar-refractivity contribution < 1.29 is 0 Å². The van der Waals surface area contributed by atoms with Gasteiger partial charge in [-0.3, -0.25) is 14.0 Å². The molecule has 138 valence electrons. The van der Waals surface area contributed by atoms with Crippen molar-refractivity contribution in [1.82, 2.24) is 19.3 Å². The average molecular weight is 368 g/mol. The van der Waals surface area contributed by atoms with Crippen LogP contribution in [0.15, 0.2) is 65.7 Å². The van der Waals surface area contributed by atoms with Crippen molar-refractivity contribution in [1.29, 1.82) is 0 Å². The van der Waals surface area contributed by atoms with E-state index in [4.69, 9.17) is 4.98 Å². The predicted molar refractivity (Wildman–Crippen MR) is 111 cm³/mol. The molecule has 4 aromatic rings. The third kappa shape index (κ3) is 3.33. The number of hydrogen-bond acceptors (Lipinski definition) is 3. The molecule has 2 heterocycles. The second-order valence-electron chi connectivity index (χ2n) is 6.61. The van der Waals surface area contributed by atoms with E-state index in [1.165, 1.54) is 0 Å². The van der Waals surface area contributed by atoms with Crippen molar-refractivity contribution in [3.05, 3.63) is 88.2 Å². The summed E-state index contributed by atoms with van der Waals surface area (Å²) in [5.74, 6) is 6.99. The topological polar surface area (TPSA) is 52.7 Å². The highest BCUT2D eigenvalue weighted by atomic mass is 16.1. The van der Waals surface area contributed by atoms with Crippen LogP contribution in [0.4, 0.5) is 0 Å². The number of aryl methyl sites for hydroxylation is 2. The molecule has 5 nitrogen and oxygen atoms in total. The SMILES string of the molecule is CCCc1nc2cccc(C#Cc3cnn(C)c3)c2c(=O)n1-c1ccccc1. The first-order valence-corrected chi connectivity index (χ1v) is 9.28. The van der Waals surface area contributed by atoms with Crippen LogP contribution in [-0.4, -0.2) is 19.3 Å². The van der Waals surface area contributed by atoms with E-state index >= 15 is 0 Å². The Bertz CT molecular complexity index is 1260. The van der Waals surface area contributed by atoms with E-state index in [0.717, 1.165) is 29.9 Å². The number of fused-ring (bicyclic) bond motifs is 1. The molecule has 0 saturated carbocycles. The van der Waals surface area contributed by atoms with Gasteiger partial charge in [-0.25, -0.2) is 4.98 Å². The van der Waals surface area contributed by atoms with E-state index in [2.05, 4.69) is 23.9 Å². The number of para-hydroxylation sites is 1. The molecule has 0 fully saturated rings. The minimum Gasteiger partial charge on any atom is -0.275 e. The maximum Gasteiger partial charge on any atom is 0.267 e. The Morgan fingerprint density at radius 3 is 2.57 bits per heavy atom. The Kier molecular flexibility index (Phi) is 4.77. The van der Waals surface area contributed by atoms with Crippen molar-refractivity contribution in [2.24, 2.45) is 7.05 Å². The molecule has 0 amide bonds. The maximum absolute atomic E-state index is 13.5. The molecular formula is C23H20N4O. The number of rotatable bonds is 3. The van der Waals surface area contributed by atoms with E-state index in [1.807, 2.05) is 61.8 Å². The fraction of sp³-hybridized carbons (Fsp3) is 0.174. The summed E-state index contributed by atoms with van der Waals surface area (Å²) in [6, 6.07) is 15.3. The smallest absolute Gasteiger partial charge is 0.267 e. The summed E-state index contributed by atoms with van der Waals surface area (Å²) in [6.07, 6.45) is 5.19. The molecule has 0 aliphatic heterocycles. The lowest BCUT2D eigenvalue weighted by molar-refractivity contribution is 0.767. The van der Waals surface area contributed by atoms with Gasteiger partial charge >= 0.3 is 0 Å². The molecule has 0 aliphatic carbocycles. The van der Waals surface area contributed by atoms with Crippen LogP contribution in [0.2, 0.25) is 0 Å². The third-order valence-electron chi connectivity index (χ3n) is 4.50. The van der Waals surface area contributed by atoms with Crippen LogP contribution in [0.3, 0.4) is 0 Å². The van der Waals surface area contributed by atoms with Crippen molar-refractivity contribution in [3.63, 3.8) is 0 Å². The van der Waals surface area contributed by atoms with E-state index in [1.54, 1.807) is 15.4 Å². The van der Waals surface area contributed by atoms with Crippen molar-refractivity contribution in [2.75, 3.05) is 0 Å². The first-order valence-electron chi connectivity index (χ1n) is 9.28. The Hall–Kier alpha value is -3.65. The number of nitrogens with zero attached hydrogens (tertiary/aromatic N) is 4. The lowest BCUT2D eigenvalue weighted by atomic mass is 10.1. The number of hydrogen-bond donors (Lipinski definition) is 0. The van der Waals surface area contributed by atoms with Gasteiger partial charge in [0.15, 0.2) is 0 Å². The van der Waals surface area contributed by atoms with Gasteiger partial charge in [0.05, 0.1) is 28.4 Å². The van der Waals surface area contributed by atoms with Crippen LogP contribution in [-0.2, 0) is 13.5 Å². The summed E-state index contributed by atoms with van der Waals surface area (Å²) < 4.78 is 3.41. The quantitative estimate of drug-likeness (QED) is 0.520. The molecule has 0 N–H and O–H groups in total. The maximum atomic E-state index is 13.5. The van der Waals surface area contributed by atoms with Gasteiger partial charge in [0.2, 0.25) is 0 Å². The van der Waals surface area contributed by atoms with Crippen LogP contribution in [0.5, 0.6) is 0 Å². The van der Waals surface area contributed by atoms with Gasteiger partial charge in [-0.05, 0) is 30.7 Å². The average Bonchev–Trinajstić information content (AvgIpc) is 3.12. The Labute approximate surface area is 163 Å². The van der Waals surface area contributed by atoms with Crippen LogP contribution in [0, 0.1) is 11.8 Å². The van der Waals surface area contributed by atoms with Gasteiger partial charge in [-0.2, -0.15) is 5.10 Å². The van der Waals surface area contributed by atoms with Crippen molar-refractivity contribution in [3.8, 4) is 17.5 Å². The van der Waals surface area contributed by atoms with E-state index in [-0.39, 0.29) is 5.56 Å². The lowest BCUT2D eigenvalue weighted by Crippen LogP contribution is -2.24.